The number of rotatable bonds is 5. The van der Waals surface area contributed by atoms with Gasteiger partial charge in [0.15, 0.2) is 0 Å². The lowest BCUT2D eigenvalue weighted by atomic mass is 10.1. The van der Waals surface area contributed by atoms with Gasteiger partial charge in [-0.05, 0) is 74.4 Å². The number of methoxy groups -OCH3 is 2. The lowest BCUT2D eigenvalue weighted by Crippen LogP contribution is -2.05. The van der Waals surface area contributed by atoms with Crippen molar-refractivity contribution in [1.29, 1.82) is 5.26 Å². The summed E-state index contributed by atoms with van der Waals surface area (Å²) in [5, 5.41) is 9.85. The van der Waals surface area contributed by atoms with Gasteiger partial charge in [-0.25, -0.2) is 9.78 Å². The van der Waals surface area contributed by atoms with Crippen LogP contribution in [-0.4, -0.2) is 34.7 Å². The third kappa shape index (κ3) is 3.99. The number of H-pyrrole nitrogens is 1. The van der Waals surface area contributed by atoms with Crippen molar-refractivity contribution in [2.24, 2.45) is 0 Å². The molecule has 0 aliphatic carbocycles. The molecule has 0 radical (unpaired) electrons. The van der Waals surface area contributed by atoms with Crippen molar-refractivity contribution in [3.05, 3.63) is 76.4 Å². The van der Waals surface area contributed by atoms with Crippen LogP contribution in [0.2, 0.25) is 0 Å². The molecule has 0 aliphatic rings. The van der Waals surface area contributed by atoms with Crippen molar-refractivity contribution in [2.45, 2.75) is 20.8 Å². The van der Waals surface area contributed by atoms with E-state index in [-0.39, 0.29) is 5.97 Å². The predicted octanol–water partition coefficient (Wildman–Crippen LogP) is 5.14. The van der Waals surface area contributed by atoms with E-state index >= 15 is 0 Å². The molecule has 0 amide bonds. The molecule has 0 spiro atoms. The molecule has 2 aromatic carbocycles. The summed E-state index contributed by atoms with van der Waals surface area (Å²) in [4.78, 5) is 19.6. The molecule has 0 atom stereocenters. The molecular weight excluding hydrogens is 416 g/mol. The van der Waals surface area contributed by atoms with Gasteiger partial charge in [-0.1, -0.05) is 0 Å². The first-order valence-electron chi connectivity index (χ1n) is 10.4. The summed E-state index contributed by atoms with van der Waals surface area (Å²) in [6.45, 7) is 5.97. The van der Waals surface area contributed by atoms with E-state index in [1.54, 1.807) is 13.2 Å². The van der Waals surface area contributed by atoms with Gasteiger partial charge in [0.2, 0.25) is 0 Å². The van der Waals surface area contributed by atoms with E-state index < -0.39 is 0 Å². The van der Waals surface area contributed by atoms with Gasteiger partial charge < -0.3 is 19.0 Å². The van der Waals surface area contributed by atoms with Crippen molar-refractivity contribution < 1.29 is 14.3 Å². The number of nitriles is 1. The van der Waals surface area contributed by atoms with Gasteiger partial charge in [0.25, 0.3) is 0 Å². The first-order valence-corrected chi connectivity index (χ1v) is 10.4. The minimum absolute atomic E-state index is 0.365. The van der Waals surface area contributed by atoms with Crippen molar-refractivity contribution in [2.75, 3.05) is 14.2 Å². The number of benzene rings is 2. The summed E-state index contributed by atoms with van der Waals surface area (Å²) in [7, 11) is 2.98. The highest BCUT2D eigenvalue weighted by Crippen LogP contribution is 2.28. The maximum atomic E-state index is 11.9. The summed E-state index contributed by atoms with van der Waals surface area (Å²) in [5.74, 6) is 0.859. The van der Waals surface area contributed by atoms with Crippen LogP contribution in [0.25, 0.3) is 28.4 Å². The highest BCUT2D eigenvalue weighted by atomic mass is 16.5. The Morgan fingerprint density at radius 3 is 2.58 bits per heavy atom. The molecule has 2 heterocycles. The van der Waals surface area contributed by atoms with Crippen LogP contribution in [0.5, 0.6) is 5.75 Å². The zero-order valence-electron chi connectivity index (χ0n) is 19.2. The summed E-state index contributed by atoms with van der Waals surface area (Å²) >= 11 is 0. The Morgan fingerprint density at radius 2 is 1.91 bits per heavy atom. The number of allylic oxidation sites excluding steroid dienone is 1. The normalized spacial score (nSPS) is 11.5. The second-order valence-corrected chi connectivity index (χ2v) is 7.79. The summed E-state index contributed by atoms with van der Waals surface area (Å²) in [5.41, 5.74) is 7.33. The highest BCUT2D eigenvalue weighted by Gasteiger charge is 2.15. The predicted molar refractivity (Wildman–Crippen MR) is 127 cm³/mol. The molecule has 0 aliphatic heterocycles. The minimum atomic E-state index is -0.365. The number of carbonyl (C=O) groups is 1. The number of aryl methyl sites for hydroxylation is 2. The number of hydrogen-bond donors (Lipinski definition) is 1. The monoisotopic (exact) mass is 440 g/mol. The maximum Gasteiger partial charge on any atom is 0.337 e. The molecule has 0 fully saturated rings. The number of imidazole rings is 1. The van der Waals surface area contributed by atoms with Crippen molar-refractivity contribution in [1.82, 2.24) is 14.5 Å². The van der Waals surface area contributed by atoms with Crippen molar-refractivity contribution >= 4 is 28.7 Å². The lowest BCUT2D eigenvalue weighted by molar-refractivity contribution is 0.0600. The first kappa shape index (κ1) is 21.9. The van der Waals surface area contributed by atoms with Crippen LogP contribution in [0.15, 0.2) is 42.5 Å². The lowest BCUT2D eigenvalue weighted by Gasteiger charge is -2.14. The minimum Gasteiger partial charge on any atom is -0.497 e. The molecule has 2 aromatic heterocycles. The van der Waals surface area contributed by atoms with Gasteiger partial charge in [0.1, 0.15) is 17.6 Å². The van der Waals surface area contributed by atoms with E-state index in [9.17, 15) is 10.1 Å². The largest absolute Gasteiger partial charge is 0.497 e. The van der Waals surface area contributed by atoms with Crippen LogP contribution in [-0.2, 0) is 4.74 Å². The zero-order valence-corrected chi connectivity index (χ0v) is 19.2. The molecule has 33 heavy (non-hydrogen) atoms. The standard InChI is InChI=1S/C26H24N4O3/c1-15-10-18(26(31)33-5)6-9-24(15)30-16(2)11-19(17(30)3)12-20(14-27)25-28-22-8-7-21(32-4)13-23(22)29-25/h6-13H,1-5H3,(H,28,29)/b20-12-. The van der Waals surface area contributed by atoms with Gasteiger partial charge in [0.05, 0.1) is 36.4 Å². The number of hydrogen-bond acceptors (Lipinski definition) is 5. The fraction of sp³-hybridized carbons (Fsp3) is 0.192. The fourth-order valence-corrected chi connectivity index (χ4v) is 4.01. The molecular formula is C26H24N4O3. The molecule has 4 aromatic rings. The number of aromatic nitrogens is 3. The van der Waals surface area contributed by atoms with E-state index in [0.717, 1.165) is 45.0 Å². The van der Waals surface area contributed by atoms with Gasteiger partial charge >= 0.3 is 5.97 Å². The number of nitrogens with zero attached hydrogens (tertiary/aromatic N) is 3. The molecule has 7 nitrogen and oxygen atoms in total. The summed E-state index contributed by atoms with van der Waals surface area (Å²) < 4.78 is 12.2. The molecule has 7 heteroatoms. The Hall–Kier alpha value is -4.31. The number of esters is 1. The number of fused-ring (bicyclic) bond motifs is 1. The number of aromatic amines is 1. The smallest absolute Gasteiger partial charge is 0.337 e. The van der Waals surface area contributed by atoms with Crippen LogP contribution in [0.4, 0.5) is 0 Å². The van der Waals surface area contributed by atoms with Crippen LogP contribution in [0.1, 0.15) is 38.7 Å². The van der Waals surface area contributed by atoms with E-state index in [4.69, 9.17) is 9.47 Å². The number of carbonyl (C=O) groups excluding carboxylic acids is 1. The van der Waals surface area contributed by atoms with Crippen LogP contribution in [0.3, 0.4) is 0 Å². The third-order valence-electron chi connectivity index (χ3n) is 5.69. The van der Waals surface area contributed by atoms with Crippen molar-refractivity contribution in [3.8, 4) is 17.5 Å². The van der Waals surface area contributed by atoms with Crippen molar-refractivity contribution in [3.63, 3.8) is 0 Å². The molecule has 0 saturated heterocycles. The molecule has 1 N–H and O–H groups in total. The molecule has 0 saturated carbocycles. The van der Waals surface area contributed by atoms with E-state index in [2.05, 4.69) is 20.6 Å². The maximum absolute atomic E-state index is 11.9. The third-order valence-corrected chi connectivity index (χ3v) is 5.69. The van der Waals surface area contributed by atoms with Crippen LogP contribution < -0.4 is 4.74 Å². The van der Waals surface area contributed by atoms with E-state index in [1.165, 1.54) is 7.11 Å². The second-order valence-electron chi connectivity index (χ2n) is 7.79. The molecule has 4 rings (SSSR count). The Morgan fingerprint density at radius 1 is 1.12 bits per heavy atom. The van der Waals surface area contributed by atoms with Crippen LogP contribution in [0, 0.1) is 32.1 Å². The topological polar surface area (TPSA) is 92.9 Å². The molecule has 0 unspecified atom stereocenters. The fourth-order valence-electron chi connectivity index (χ4n) is 4.01. The Balaban J connectivity index is 1.76. The Labute approximate surface area is 191 Å². The van der Waals surface area contributed by atoms with E-state index in [0.29, 0.717) is 17.0 Å². The van der Waals surface area contributed by atoms with Gasteiger partial charge in [-0.3, -0.25) is 0 Å². The quantitative estimate of drug-likeness (QED) is 0.343. The highest BCUT2D eigenvalue weighted by molar-refractivity contribution is 5.91. The number of nitrogens with one attached hydrogen (secondary N) is 1. The first-order chi connectivity index (χ1) is 15.9. The van der Waals surface area contributed by atoms with Gasteiger partial charge in [0, 0.05) is 23.1 Å². The zero-order chi connectivity index (χ0) is 23.7. The molecule has 166 valence electrons. The van der Waals surface area contributed by atoms with Crippen LogP contribution >= 0.6 is 0 Å². The average Bonchev–Trinajstić information content (AvgIpc) is 3.36. The van der Waals surface area contributed by atoms with Gasteiger partial charge in [-0.15, -0.1) is 0 Å². The van der Waals surface area contributed by atoms with Gasteiger partial charge in [-0.2, -0.15) is 5.26 Å². The number of ether oxygens (including phenoxy) is 2. The average molecular weight is 441 g/mol. The Kier molecular flexibility index (Phi) is 5.76. The SMILES string of the molecule is COC(=O)c1ccc(-n2c(C)cc(/C=C(/C#N)c3nc4ccc(OC)cc4[nH]3)c2C)c(C)c1. The Bertz CT molecular complexity index is 1450. The summed E-state index contributed by atoms with van der Waals surface area (Å²) in [6.07, 6.45) is 1.84. The second kappa shape index (κ2) is 8.67. The molecule has 0 bridgehead atoms. The summed E-state index contributed by atoms with van der Waals surface area (Å²) in [6, 6.07) is 15.3. The van der Waals surface area contributed by atoms with E-state index in [1.807, 2.05) is 63.2 Å².